The van der Waals surface area contributed by atoms with Crippen LogP contribution in [-0.2, 0) is 61.9 Å². The zero-order valence-electron chi connectivity index (χ0n) is 41.7. The first-order valence-electron chi connectivity index (χ1n) is 23.9. The van der Waals surface area contributed by atoms with E-state index in [1.54, 1.807) is 6.92 Å². The van der Waals surface area contributed by atoms with Gasteiger partial charge in [-0.25, -0.2) is 19.6 Å². The van der Waals surface area contributed by atoms with Crippen LogP contribution in [0.1, 0.15) is 40.0 Å². The van der Waals surface area contributed by atoms with Crippen LogP contribution in [0.5, 0.6) is 0 Å². The Morgan fingerprint density at radius 1 is 0.671 bits per heavy atom. The zero-order chi connectivity index (χ0) is 54.3. The number of aliphatic carboxylic acids is 2. The first kappa shape index (κ1) is 63.6. The number of nitrogens with two attached hydrogens (primary N) is 4. The number of aliphatic hydroxyl groups is 4. The summed E-state index contributed by atoms with van der Waals surface area (Å²) >= 11 is 0. The van der Waals surface area contributed by atoms with Gasteiger partial charge in [0.15, 0.2) is 18.0 Å². The first-order valence-corrected chi connectivity index (χ1v) is 23.9. The molecule has 73 heavy (non-hydrogen) atoms. The van der Waals surface area contributed by atoms with Crippen LogP contribution < -0.4 is 38.9 Å². The van der Waals surface area contributed by atoms with Crippen LogP contribution in [0.2, 0.25) is 0 Å². The molecule has 0 aromatic rings. The van der Waals surface area contributed by atoms with Crippen molar-refractivity contribution in [3.8, 4) is 0 Å². The van der Waals surface area contributed by atoms with Crippen molar-refractivity contribution in [1.29, 1.82) is 0 Å². The van der Waals surface area contributed by atoms with Gasteiger partial charge in [0.2, 0.25) is 29.2 Å². The zero-order valence-corrected chi connectivity index (χ0v) is 41.7. The van der Waals surface area contributed by atoms with Crippen molar-refractivity contribution in [2.24, 2.45) is 38.8 Å². The van der Waals surface area contributed by atoms with E-state index in [2.05, 4.69) is 25.9 Å². The fourth-order valence-corrected chi connectivity index (χ4v) is 7.41. The summed E-state index contributed by atoms with van der Waals surface area (Å²) in [5.41, 5.74) is 22.2. The Balaban J connectivity index is 2.02. The summed E-state index contributed by atoms with van der Waals surface area (Å²) in [7, 11) is 0. The van der Waals surface area contributed by atoms with Crippen LogP contribution in [0.25, 0.3) is 0 Å². The summed E-state index contributed by atoms with van der Waals surface area (Å²) in [5.74, 6) is -7.31. The second-order valence-electron chi connectivity index (χ2n) is 16.8. The lowest BCUT2D eigenvalue weighted by atomic mass is 9.87. The molecule has 2 aliphatic heterocycles. The number of carbonyl (C=O) groups is 5. The molecule has 0 unspecified atom stereocenters. The van der Waals surface area contributed by atoms with Gasteiger partial charge in [0.1, 0.15) is 43.7 Å². The Kier molecular flexibility index (Phi) is 31.1. The van der Waals surface area contributed by atoms with Gasteiger partial charge in [-0.05, 0) is 44.5 Å². The summed E-state index contributed by atoms with van der Waals surface area (Å²) in [5, 5.41) is 68.3. The predicted octanol–water partition coefficient (Wildman–Crippen LogP) is -5.59. The summed E-state index contributed by atoms with van der Waals surface area (Å²) in [4.78, 5) is 72.0. The lowest BCUT2D eigenvalue weighted by Gasteiger charge is -2.40. The number of amides is 3. The molecule has 0 saturated heterocycles. The highest BCUT2D eigenvalue weighted by molar-refractivity contribution is 5.86. The van der Waals surface area contributed by atoms with E-state index in [0.29, 0.717) is 85.3 Å². The van der Waals surface area contributed by atoms with Gasteiger partial charge in [-0.1, -0.05) is 13.8 Å². The van der Waals surface area contributed by atoms with E-state index in [1.165, 1.54) is 13.0 Å². The largest absolute Gasteiger partial charge is 0.480 e. The molecule has 29 heteroatoms. The van der Waals surface area contributed by atoms with Crippen LogP contribution >= 0.6 is 0 Å². The SMILES string of the molecule is CCCOCCOCCOCCOCCN(CCCNC(=O)CO[C@@H]([C@@H]1OC(C(=O)O)=C[C@H](N=C(N)N)[C@H]1C)[C@H](O)CO)CCCNC(=O)CO[C@@H]([C@@H]1OC(C(=O)O)=C[C@H](N=C(N)N)[C@H]1NC(C)=O)[C@H](O)CO. The summed E-state index contributed by atoms with van der Waals surface area (Å²) in [6, 6.07) is -3.27. The minimum absolute atomic E-state index is 0.148. The van der Waals surface area contributed by atoms with Gasteiger partial charge < -0.3 is 112 Å². The normalized spacial score (nSPS) is 21.2. The molecule has 0 aromatic heterocycles. The van der Waals surface area contributed by atoms with E-state index in [0.717, 1.165) is 12.5 Å². The molecule has 2 heterocycles. The lowest BCUT2D eigenvalue weighted by molar-refractivity contribution is -0.160. The number of rotatable bonds is 39. The number of ether oxygens (including phenoxy) is 8. The topological polar surface area (TPSA) is 449 Å². The average Bonchev–Trinajstić information content (AvgIpc) is 3.33. The van der Waals surface area contributed by atoms with E-state index < -0.39 is 134 Å². The molecule has 17 N–H and O–H groups in total. The van der Waals surface area contributed by atoms with Crippen LogP contribution in [-0.4, -0.2) is 244 Å². The Hall–Kier alpha value is -5.47. The van der Waals surface area contributed by atoms with Crippen LogP contribution in [0.3, 0.4) is 0 Å². The van der Waals surface area contributed by atoms with Gasteiger partial charge in [0.05, 0.1) is 77.6 Å². The van der Waals surface area contributed by atoms with Gasteiger partial charge in [-0.2, -0.15) is 0 Å². The van der Waals surface area contributed by atoms with Crippen LogP contribution in [0, 0.1) is 5.92 Å². The van der Waals surface area contributed by atoms with Crippen molar-refractivity contribution in [1.82, 2.24) is 20.9 Å². The molecular formula is C44H78N10O19. The second kappa shape index (κ2) is 35.6. The molecule has 0 aliphatic carbocycles. The Morgan fingerprint density at radius 2 is 1.10 bits per heavy atom. The number of nitrogens with one attached hydrogen (secondary N) is 3. The van der Waals surface area contributed by atoms with Crippen LogP contribution in [0.4, 0.5) is 0 Å². The smallest absolute Gasteiger partial charge is 0.370 e. The van der Waals surface area contributed by atoms with Gasteiger partial charge in [-0.3, -0.25) is 14.4 Å². The maximum atomic E-state index is 13.0. The van der Waals surface area contributed by atoms with Crippen molar-refractivity contribution < 1.29 is 92.5 Å². The van der Waals surface area contributed by atoms with Crippen molar-refractivity contribution in [2.75, 3.05) is 112 Å². The first-order chi connectivity index (χ1) is 34.8. The fourth-order valence-electron chi connectivity index (χ4n) is 7.41. The highest BCUT2D eigenvalue weighted by Gasteiger charge is 2.46. The number of carboxylic acids is 2. The van der Waals surface area contributed by atoms with E-state index in [4.69, 9.17) is 60.8 Å². The molecule has 0 saturated carbocycles. The summed E-state index contributed by atoms with van der Waals surface area (Å²) < 4.78 is 44.8. The maximum absolute atomic E-state index is 13.0. The van der Waals surface area contributed by atoms with Crippen molar-refractivity contribution in [3.05, 3.63) is 23.7 Å². The number of guanidine groups is 2. The van der Waals surface area contributed by atoms with E-state index in [-0.39, 0.29) is 19.0 Å². The molecule has 0 radical (unpaired) electrons. The van der Waals surface area contributed by atoms with Crippen molar-refractivity contribution in [3.63, 3.8) is 0 Å². The second-order valence-corrected chi connectivity index (χ2v) is 16.8. The van der Waals surface area contributed by atoms with E-state index in [9.17, 15) is 54.6 Å². The van der Waals surface area contributed by atoms with E-state index >= 15 is 0 Å². The van der Waals surface area contributed by atoms with Crippen LogP contribution in [0.15, 0.2) is 33.7 Å². The standard InChI is InChI=1S/C44H78N10O19/c1-4-12-66-14-16-68-18-19-69-17-15-67-13-11-54(9-5-7-49-34(60)24-70-38(30(58)22-55)37-26(2)28(52-43(45)46)20-32(72-37)41(62)63)10-6-8-50-35(61)25-71-39(31(59)23-56)40-36(51-27(3)57)29(53-44(47)48)21-33(73-40)42(64)65/h20-21,26,28-31,36-40,55-56,58-59H,4-19,22-25H2,1-3H3,(H,49,60)(H,50,61)(H,51,57)(H,62,63)(H,64,65)(H4,45,46,52)(H4,47,48,53)/t26-,28+,29+,30-,31-,36-,37-,38-,39-,40-/m1/s1. The van der Waals surface area contributed by atoms with Gasteiger partial charge in [0.25, 0.3) is 0 Å². The number of carbonyl (C=O) groups excluding carboxylic acids is 3. The monoisotopic (exact) mass is 1050 g/mol. The molecule has 2 aliphatic rings. The number of nitrogens with zero attached hydrogens (tertiary/aromatic N) is 3. The fraction of sp³-hybridized carbons (Fsp3) is 0.750. The predicted molar refractivity (Wildman–Crippen MR) is 258 cm³/mol. The number of carboxylic acid groups (broad SMARTS) is 2. The summed E-state index contributed by atoms with van der Waals surface area (Å²) in [6.07, 6.45) is -4.84. The highest BCUT2D eigenvalue weighted by atomic mass is 16.6. The van der Waals surface area contributed by atoms with E-state index in [1.807, 2.05) is 11.8 Å². The Bertz CT molecular complexity index is 1800. The van der Waals surface area contributed by atoms with Gasteiger partial charge in [-0.15, -0.1) is 0 Å². The van der Waals surface area contributed by atoms with Gasteiger partial charge >= 0.3 is 11.9 Å². The average molecular weight is 1050 g/mol. The summed E-state index contributed by atoms with van der Waals surface area (Å²) in [6.45, 7) is 6.96. The molecule has 0 spiro atoms. The number of hydrogen-bond donors (Lipinski definition) is 13. The Morgan fingerprint density at radius 3 is 1.53 bits per heavy atom. The number of aliphatic imine (C=N–C) groups is 2. The van der Waals surface area contributed by atoms with Crippen molar-refractivity contribution in [2.45, 2.75) is 94.8 Å². The maximum Gasteiger partial charge on any atom is 0.370 e. The Labute approximate surface area is 423 Å². The minimum atomic E-state index is -1.72. The molecule has 29 nitrogen and oxygen atoms in total. The molecule has 0 aromatic carbocycles. The molecule has 2 rings (SSSR count). The molecule has 0 bridgehead atoms. The molecule has 0 fully saturated rings. The quantitative estimate of drug-likeness (QED) is 0.0155. The lowest BCUT2D eigenvalue weighted by Crippen LogP contribution is -2.60. The van der Waals surface area contributed by atoms with Crippen molar-refractivity contribution >= 4 is 41.6 Å². The van der Waals surface area contributed by atoms with Gasteiger partial charge in [0, 0.05) is 39.1 Å². The minimum Gasteiger partial charge on any atom is -0.480 e. The third-order valence-corrected chi connectivity index (χ3v) is 10.9. The third-order valence-electron chi connectivity index (χ3n) is 10.9. The number of aliphatic hydroxyl groups excluding tert-OH is 4. The third kappa shape index (κ3) is 24.9. The molecule has 418 valence electrons. The molecule has 3 amide bonds. The highest BCUT2D eigenvalue weighted by Crippen LogP contribution is 2.31. The molecule has 10 atom stereocenters. The number of hydrogen-bond acceptors (Lipinski definition) is 20. The molecular weight excluding hydrogens is 973 g/mol.